The second-order valence-corrected chi connectivity index (χ2v) is 9.16. The number of amides is 1. The number of carbonyl (C=O) groups is 1. The normalized spacial score (nSPS) is 15.5. The summed E-state index contributed by atoms with van der Waals surface area (Å²) in [6.07, 6.45) is 1.09. The van der Waals surface area contributed by atoms with Gasteiger partial charge in [0, 0.05) is 23.8 Å². The summed E-state index contributed by atoms with van der Waals surface area (Å²) in [5.74, 6) is -0.00839. The molecule has 0 radical (unpaired) electrons. The van der Waals surface area contributed by atoms with Crippen LogP contribution in [0.1, 0.15) is 18.4 Å². The van der Waals surface area contributed by atoms with Crippen LogP contribution in [-0.4, -0.2) is 43.5 Å². The third-order valence-electron chi connectivity index (χ3n) is 4.56. The van der Waals surface area contributed by atoms with E-state index in [1.807, 2.05) is 0 Å². The van der Waals surface area contributed by atoms with Crippen molar-refractivity contribution in [2.24, 2.45) is 0 Å². The smallest absolute Gasteiger partial charge is 0.263 e. The highest BCUT2D eigenvalue weighted by atomic mass is 35.5. The van der Waals surface area contributed by atoms with Gasteiger partial charge in [0.2, 0.25) is 5.91 Å². The average molecular weight is 443 g/mol. The van der Waals surface area contributed by atoms with E-state index in [1.165, 1.54) is 18.2 Å². The molecule has 0 atom stereocenters. The lowest BCUT2D eigenvalue weighted by Gasteiger charge is -2.29. The molecule has 6 nitrogen and oxygen atoms in total. The van der Waals surface area contributed by atoms with Crippen LogP contribution in [0.25, 0.3) is 0 Å². The molecule has 0 spiro atoms. The van der Waals surface area contributed by atoms with E-state index in [0.717, 1.165) is 5.56 Å². The monoisotopic (exact) mass is 442 g/mol. The van der Waals surface area contributed by atoms with Crippen molar-refractivity contribution in [3.05, 3.63) is 58.1 Å². The first kappa shape index (κ1) is 20.9. The lowest BCUT2D eigenvalue weighted by Crippen LogP contribution is -2.40. The average Bonchev–Trinajstić information content (AvgIpc) is 2.65. The summed E-state index contributed by atoms with van der Waals surface area (Å²) >= 11 is 11.8. The second kappa shape index (κ2) is 8.69. The summed E-state index contributed by atoms with van der Waals surface area (Å²) in [5.41, 5.74) is 1.13. The molecule has 2 aromatic carbocycles. The van der Waals surface area contributed by atoms with Crippen molar-refractivity contribution in [1.29, 1.82) is 0 Å². The minimum Gasteiger partial charge on any atom is -0.393 e. The number of carbonyl (C=O) groups excluding carboxylic acids is 1. The quantitative estimate of drug-likeness (QED) is 0.743. The van der Waals surface area contributed by atoms with Gasteiger partial charge < -0.3 is 10.0 Å². The molecule has 1 aliphatic rings. The predicted octanol–water partition coefficient (Wildman–Crippen LogP) is 3.32. The number of aliphatic hydroxyl groups excluding tert-OH is 1. The molecule has 0 saturated carbocycles. The van der Waals surface area contributed by atoms with Gasteiger partial charge in [-0.25, -0.2) is 8.42 Å². The fourth-order valence-corrected chi connectivity index (χ4v) is 4.81. The minimum absolute atomic E-state index is 0.00839. The third kappa shape index (κ3) is 5.17. The number of hydrogen-bond donors (Lipinski definition) is 2. The minimum atomic E-state index is -3.89. The number of halogens is 2. The first-order valence-corrected chi connectivity index (χ1v) is 11.0. The van der Waals surface area contributed by atoms with Crippen molar-refractivity contribution in [2.75, 3.05) is 17.8 Å². The highest BCUT2D eigenvalue weighted by molar-refractivity contribution is 7.92. The molecule has 0 aromatic heterocycles. The van der Waals surface area contributed by atoms with Gasteiger partial charge in [0.25, 0.3) is 10.0 Å². The molecule has 1 heterocycles. The Morgan fingerprint density at radius 3 is 2.39 bits per heavy atom. The Morgan fingerprint density at radius 1 is 1.11 bits per heavy atom. The van der Waals surface area contributed by atoms with Gasteiger partial charge in [0.15, 0.2) is 0 Å². The Balaban J connectivity index is 1.66. The lowest BCUT2D eigenvalue weighted by atomic mass is 10.1. The third-order valence-corrected chi connectivity index (χ3v) is 6.66. The molecule has 2 N–H and O–H groups in total. The standard InChI is InChI=1S/C19H20Cl2N2O4S/c20-14-3-6-17(21)18(12-14)28(26,27)22-15-4-1-13(2-5-15)11-19(25)23-9-7-16(24)8-10-23/h1-6,12,16,22,24H,7-11H2. The lowest BCUT2D eigenvalue weighted by molar-refractivity contribution is -0.132. The molecule has 0 aliphatic carbocycles. The molecule has 1 aliphatic heterocycles. The molecule has 0 bridgehead atoms. The molecule has 150 valence electrons. The Kier molecular flexibility index (Phi) is 6.50. The fourth-order valence-electron chi connectivity index (χ4n) is 2.99. The van der Waals surface area contributed by atoms with E-state index in [-0.39, 0.29) is 33.4 Å². The number of sulfonamides is 1. The van der Waals surface area contributed by atoms with Crippen LogP contribution in [0.4, 0.5) is 5.69 Å². The van der Waals surface area contributed by atoms with Crippen molar-refractivity contribution >= 4 is 44.8 Å². The summed E-state index contributed by atoms with van der Waals surface area (Å²) in [4.78, 5) is 14.0. The van der Waals surface area contributed by atoms with E-state index >= 15 is 0 Å². The molecule has 2 aromatic rings. The number of nitrogens with one attached hydrogen (secondary N) is 1. The topological polar surface area (TPSA) is 86.7 Å². The SMILES string of the molecule is O=C(Cc1ccc(NS(=O)(=O)c2cc(Cl)ccc2Cl)cc1)N1CCC(O)CC1. The van der Waals surface area contributed by atoms with E-state index in [4.69, 9.17) is 23.2 Å². The molecular formula is C19H20Cl2N2O4S. The number of anilines is 1. The molecule has 1 amide bonds. The number of likely N-dealkylation sites (tertiary alicyclic amines) is 1. The van der Waals surface area contributed by atoms with Crippen LogP contribution in [0.2, 0.25) is 10.0 Å². The molecule has 3 rings (SSSR count). The van der Waals surface area contributed by atoms with E-state index in [2.05, 4.69) is 4.72 Å². The largest absolute Gasteiger partial charge is 0.393 e. The van der Waals surface area contributed by atoms with Crippen LogP contribution in [0.15, 0.2) is 47.4 Å². The zero-order chi connectivity index (χ0) is 20.3. The van der Waals surface area contributed by atoms with Gasteiger partial charge in [0.05, 0.1) is 17.5 Å². The van der Waals surface area contributed by atoms with E-state index < -0.39 is 10.0 Å². The van der Waals surface area contributed by atoms with Gasteiger partial charge in [0.1, 0.15) is 4.90 Å². The zero-order valence-corrected chi connectivity index (χ0v) is 17.3. The first-order chi connectivity index (χ1) is 13.2. The first-order valence-electron chi connectivity index (χ1n) is 8.77. The van der Waals surface area contributed by atoms with Crippen molar-refractivity contribution in [1.82, 2.24) is 4.90 Å². The van der Waals surface area contributed by atoms with Gasteiger partial charge >= 0.3 is 0 Å². The van der Waals surface area contributed by atoms with Crippen LogP contribution in [0, 0.1) is 0 Å². The maximum absolute atomic E-state index is 12.5. The van der Waals surface area contributed by atoms with Crippen molar-refractivity contribution < 1.29 is 18.3 Å². The number of nitrogens with zero attached hydrogens (tertiary/aromatic N) is 1. The maximum Gasteiger partial charge on any atom is 0.263 e. The number of rotatable bonds is 5. The van der Waals surface area contributed by atoms with Gasteiger partial charge in [-0.1, -0.05) is 35.3 Å². The van der Waals surface area contributed by atoms with Gasteiger partial charge in [-0.15, -0.1) is 0 Å². The van der Waals surface area contributed by atoms with Crippen molar-refractivity contribution in [3.63, 3.8) is 0 Å². The number of piperidine rings is 1. The molecule has 28 heavy (non-hydrogen) atoms. The summed E-state index contributed by atoms with van der Waals surface area (Å²) in [5, 5.41) is 9.87. The Bertz CT molecular complexity index is 956. The summed E-state index contributed by atoms with van der Waals surface area (Å²) < 4.78 is 27.5. The maximum atomic E-state index is 12.5. The van der Waals surface area contributed by atoms with E-state index in [9.17, 15) is 18.3 Å². The van der Waals surface area contributed by atoms with Crippen LogP contribution in [0.5, 0.6) is 0 Å². The van der Waals surface area contributed by atoms with Crippen LogP contribution in [0.3, 0.4) is 0 Å². The van der Waals surface area contributed by atoms with Crippen LogP contribution >= 0.6 is 23.2 Å². The predicted molar refractivity (Wildman–Crippen MR) is 109 cm³/mol. The second-order valence-electron chi connectivity index (χ2n) is 6.67. The summed E-state index contributed by atoms with van der Waals surface area (Å²) in [6.45, 7) is 1.11. The number of aliphatic hydroxyl groups is 1. The number of hydrogen-bond acceptors (Lipinski definition) is 4. The number of benzene rings is 2. The van der Waals surface area contributed by atoms with Crippen molar-refractivity contribution in [3.8, 4) is 0 Å². The molecule has 0 unspecified atom stereocenters. The zero-order valence-electron chi connectivity index (χ0n) is 14.9. The summed E-state index contributed by atoms with van der Waals surface area (Å²) in [6, 6.07) is 10.8. The molecule has 1 fully saturated rings. The molecule has 9 heteroatoms. The Morgan fingerprint density at radius 2 is 1.75 bits per heavy atom. The molecule has 1 saturated heterocycles. The molecular weight excluding hydrogens is 423 g/mol. The Labute approximate surface area is 174 Å². The van der Waals surface area contributed by atoms with E-state index in [0.29, 0.717) is 31.6 Å². The van der Waals surface area contributed by atoms with Crippen LogP contribution < -0.4 is 4.72 Å². The van der Waals surface area contributed by atoms with Gasteiger partial charge in [-0.05, 0) is 48.7 Å². The Hall–Kier alpha value is -1.80. The highest BCUT2D eigenvalue weighted by Crippen LogP contribution is 2.27. The van der Waals surface area contributed by atoms with Gasteiger partial charge in [-0.3, -0.25) is 9.52 Å². The fraction of sp³-hybridized carbons (Fsp3) is 0.316. The van der Waals surface area contributed by atoms with Gasteiger partial charge in [-0.2, -0.15) is 0 Å². The summed E-state index contributed by atoms with van der Waals surface area (Å²) in [7, 11) is -3.89. The highest BCUT2D eigenvalue weighted by Gasteiger charge is 2.22. The van der Waals surface area contributed by atoms with Crippen LogP contribution in [-0.2, 0) is 21.2 Å². The van der Waals surface area contributed by atoms with Crippen molar-refractivity contribution in [2.45, 2.75) is 30.3 Å². The van der Waals surface area contributed by atoms with E-state index in [1.54, 1.807) is 29.2 Å².